The van der Waals surface area contributed by atoms with Crippen molar-refractivity contribution in [1.29, 1.82) is 0 Å². The highest BCUT2D eigenvalue weighted by Crippen LogP contribution is 2.09. The van der Waals surface area contributed by atoms with Gasteiger partial charge in [0, 0.05) is 52.9 Å². The molecule has 0 aliphatic carbocycles. The minimum absolute atomic E-state index is 0.805. The summed E-state index contributed by atoms with van der Waals surface area (Å²) in [6, 6.07) is 8.97. The van der Waals surface area contributed by atoms with Gasteiger partial charge in [0.2, 0.25) is 0 Å². The van der Waals surface area contributed by atoms with Crippen molar-refractivity contribution in [3.63, 3.8) is 0 Å². The molecule has 1 fully saturated rings. The number of thioether (sulfide) groups is 1. The topological polar surface area (TPSA) is 42.9 Å². The van der Waals surface area contributed by atoms with E-state index in [-0.39, 0.29) is 0 Å². The molecule has 1 heterocycles. The number of aliphatic imine (C=N–C) groups is 1. The van der Waals surface area contributed by atoms with Gasteiger partial charge in [0.1, 0.15) is 0 Å². The second kappa shape index (κ2) is 12.2. The third-order valence-electron chi connectivity index (χ3n) is 4.78. The number of piperazine rings is 1. The highest BCUT2D eigenvalue weighted by molar-refractivity contribution is 7.98. The Morgan fingerprint density at radius 3 is 2.38 bits per heavy atom. The number of unbranched alkanes of at least 4 members (excludes halogenated alkanes) is 1. The van der Waals surface area contributed by atoms with Crippen LogP contribution < -0.4 is 10.6 Å². The van der Waals surface area contributed by atoms with Gasteiger partial charge in [-0.15, -0.1) is 0 Å². The predicted octanol–water partition coefficient (Wildman–Crippen LogP) is 2.24. The molecule has 26 heavy (non-hydrogen) atoms. The minimum atomic E-state index is 0.805. The molecule has 0 aromatic heterocycles. The second-order valence-electron chi connectivity index (χ2n) is 6.95. The summed E-state index contributed by atoms with van der Waals surface area (Å²) in [7, 11) is 4.03. The molecule has 1 saturated heterocycles. The van der Waals surface area contributed by atoms with E-state index in [9.17, 15) is 0 Å². The lowest BCUT2D eigenvalue weighted by Gasteiger charge is -2.32. The summed E-state index contributed by atoms with van der Waals surface area (Å²) in [5.41, 5.74) is 2.69. The maximum atomic E-state index is 4.30. The fourth-order valence-corrected chi connectivity index (χ4v) is 3.50. The molecule has 0 radical (unpaired) electrons. The van der Waals surface area contributed by atoms with Crippen LogP contribution in [0.15, 0.2) is 29.3 Å². The minimum Gasteiger partial charge on any atom is -0.356 e. The van der Waals surface area contributed by atoms with Crippen molar-refractivity contribution < 1.29 is 0 Å². The summed E-state index contributed by atoms with van der Waals surface area (Å²) >= 11 is 1.91. The van der Waals surface area contributed by atoms with E-state index in [4.69, 9.17) is 0 Å². The first-order chi connectivity index (χ1) is 12.7. The van der Waals surface area contributed by atoms with Crippen LogP contribution in [0, 0.1) is 0 Å². The number of nitrogens with zero attached hydrogens (tertiary/aromatic N) is 3. The zero-order chi connectivity index (χ0) is 18.6. The Morgan fingerprint density at radius 1 is 1.04 bits per heavy atom. The monoisotopic (exact) mass is 377 g/mol. The van der Waals surface area contributed by atoms with Crippen LogP contribution in [-0.4, -0.2) is 74.6 Å². The number of guanidine groups is 1. The Kier molecular flexibility index (Phi) is 9.89. The second-order valence-corrected chi connectivity index (χ2v) is 7.93. The van der Waals surface area contributed by atoms with Gasteiger partial charge in [0.15, 0.2) is 5.96 Å². The molecule has 1 aliphatic rings. The van der Waals surface area contributed by atoms with Crippen LogP contribution in [0.3, 0.4) is 0 Å². The number of hydrogen-bond donors (Lipinski definition) is 2. The summed E-state index contributed by atoms with van der Waals surface area (Å²) in [4.78, 5) is 9.24. The summed E-state index contributed by atoms with van der Waals surface area (Å²) in [6.45, 7) is 7.51. The Labute approximate surface area is 163 Å². The Hall–Kier alpha value is -1.24. The summed E-state index contributed by atoms with van der Waals surface area (Å²) in [5.74, 6) is 2.12. The first kappa shape index (κ1) is 21.1. The smallest absolute Gasteiger partial charge is 0.191 e. The molecular weight excluding hydrogens is 342 g/mol. The van der Waals surface area contributed by atoms with Gasteiger partial charge in [-0.25, -0.2) is 0 Å². The van der Waals surface area contributed by atoms with Crippen molar-refractivity contribution in [3.8, 4) is 0 Å². The number of benzene rings is 1. The zero-order valence-corrected chi connectivity index (χ0v) is 17.4. The average Bonchev–Trinajstić information content (AvgIpc) is 2.67. The van der Waals surface area contributed by atoms with Gasteiger partial charge in [0.05, 0.1) is 0 Å². The summed E-state index contributed by atoms with van der Waals surface area (Å²) in [6.07, 6.45) is 4.59. The van der Waals surface area contributed by atoms with Crippen LogP contribution in [0.4, 0.5) is 0 Å². The molecule has 2 rings (SSSR count). The van der Waals surface area contributed by atoms with E-state index in [1.807, 2.05) is 18.8 Å². The lowest BCUT2D eigenvalue weighted by atomic mass is 10.1. The van der Waals surface area contributed by atoms with Gasteiger partial charge in [0.25, 0.3) is 0 Å². The molecule has 6 heteroatoms. The van der Waals surface area contributed by atoms with Crippen LogP contribution in [0.2, 0.25) is 0 Å². The van der Waals surface area contributed by atoms with Crippen molar-refractivity contribution in [2.45, 2.75) is 25.9 Å². The van der Waals surface area contributed by atoms with E-state index in [1.54, 1.807) is 0 Å². The van der Waals surface area contributed by atoms with Crippen LogP contribution in [0.25, 0.3) is 0 Å². The van der Waals surface area contributed by atoms with Crippen molar-refractivity contribution in [2.75, 3.05) is 58.8 Å². The molecule has 0 amide bonds. The Morgan fingerprint density at radius 2 is 1.73 bits per heavy atom. The van der Waals surface area contributed by atoms with Crippen LogP contribution in [0.1, 0.15) is 24.0 Å². The van der Waals surface area contributed by atoms with E-state index in [2.05, 4.69) is 63.0 Å². The third-order valence-corrected chi connectivity index (χ3v) is 5.47. The van der Waals surface area contributed by atoms with Crippen LogP contribution in [-0.2, 0) is 13.1 Å². The van der Waals surface area contributed by atoms with E-state index < -0.39 is 0 Å². The molecule has 146 valence electrons. The van der Waals surface area contributed by atoms with E-state index in [1.165, 1.54) is 55.9 Å². The number of likely N-dealkylation sites (N-methyl/N-ethyl adjacent to an activating group) is 1. The van der Waals surface area contributed by atoms with Crippen molar-refractivity contribution in [2.24, 2.45) is 4.99 Å². The molecule has 1 aliphatic heterocycles. The highest BCUT2D eigenvalue weighted by Gasteiger charge is 2.13. The van der Waals surface area contributed by atoms with E-state index >= 15 is 0 Å². The standard InChI is InChI=1S/C20H35N5S/c1-21-20(22-10-4-5-15-26-3)23-16-18-6-8-19(9-7-18)17-25-13-11-24(2)12-14-25/h6-9H,4-5,10-17H2,1-3H3,(H2,21,22,23). The molecule has 5 nitrogen and oxygen atoms in total. The number of nitrogens with one attached hydrogen (secondary N) is 2. The maximum absolute atomic E-state index is 4.30. The first-order valence-corrected chi connectivity index (χ1v) is 11.0. The van der Waals surface area contributed by atoms with Gasteiger partial charge < -0.3 is 15.5 Å². The molecule has 1 aromatic rings. The van der Waals surface area contributed by atoms with Gasteiger partial charge >= 0.3 is 0 Å². The van der Waals surface area contributed by atoms with Gasteiger partial charge in [-0.1, -0.05) is 24.3 Å². The van der Waals surface area contributed by atoms with Crippen LogP contribution in [0.5, 0.6) is 0 Å². The van der Waals surface area contributed by atoms with Crippen molar-refractivity contribution in [3.05, 3.63) is 35.4 Å². The maximum Gasteiger partial charge on any atom is 0.191 e. The largest absolute Gasteiger partial charge is 0.356 e. The molecule has 0 saturated carbocycles. The Balaban J connectivity index is 1.69. The third kappa shape index (κ3) is 7.98. The first-order valence-electron chi connectivity index (χ1n) is 9.63. The lowest BCUT2D eigenvalue weighted by molar-refractivity contribution is 0.148. The van der Waals surface area contributed by atoms with Crippen molar-refractivity contribution >= 4 is 17.7 Å². The van der Waals surface area contributed by atoms with Crippen molar-refractivity contribution in [1.82, 2.24) is 20.4 Å². The molecular formula is C20H35N5S. The molecule has 0 atom stereocenters. The molecule has 0 bridgehead atoms. The van der Waals surface area contributed by atoms with E-state index in [0.717, 1.165) is 25.6 Å². The summed E-state index contributed by atoms with van der Waals surface area (Å²) < 4.78 is 0. The fraction of sp³-hybridized carbons (Fsp3) is 0.650. The highest BCUT2D eigenvalue weighted by atomic mass is 32.2. The van der Waals surface area contributed by atoms with E-state index in [0.29, 0.717) is 0 Å². The normalized spacial score (nSPS) is 16.7. The average molecular weight is 378 g/mol. The fourth-order valence-electron chi connectivity index (χ4n) is 3.01. The Bertz CT molecular complexity index is 524. The SMILES string of the molecule is CN=C(NCCCCSC)NCc1ccc(CN2CCN(C)CC2)cc1. The zero-order valence-electron chi connectivity index (χ0n) is 16.6. The van der Waals surface area contributed by atoms with Gasteiger partial charge in [-0.2, -0.15) is 11.8 Å². The number of hydrogen-bond acceptors (Lipinski definition) is 4. The molecule has 2 N–H and O–H groups in total. The van der Waals surface area contributed by atoms with Crippen LogP contribution >= 0.6 is 11.8 Å². The number of rotatable bonds is 9. The molecule has 0 unspecified atom stereocenters. The lowest BCUT2D eigenvalue weighted by Crippen LogP contribution is -2.43. The molecule has 0 spiro atoms. The molecule has 1 aromatic carbocycles. The predicted molar refractivity (Wildman–Crippen MR) is 115 cm³/mol. The van der Waals surface area contributed by atoms with Gasteiger partial charge in [-0.3, -0.25) is 9.89 Å². The van der Waals surface area contributed by atoms with Gasteiger partial charge in [-0.05, 0) is 43.0 Å². The summed E-state index contributed by atoms with van der Waals surface area (Å²) in [5, 5.41) is 6.79. The quantitative estimate of drug-likeness (QED) is 0.392.